The Morgan fingerprint density at radius 1 is 1.53 bits per heavy atom. The Labute approximate surface area is 105 Å². The smallest absolute Gasteiger partial charge is 0.142 e. The number of nitrogens with zero attached hydrogens (tertiary/aromatic N) is 2. The molecule has 0 fully saturated rings. The van der Waals surface area contributed by atoms with Crippen LogP contribution in [-0.4, -0.2) is 11.0 Å². The van der Waals surface area contributed by atoms with Gasteiger partial charge in [0.2, 0.25) is 0 Å². The summed E-state index contributed by atoms with van der Waals surface area (Å²) in [5, 5.41) is 16.4. The van der Waals surface area contributed by atoms with Crippen molar-refractivity contribution in [3.63, 3.8) is 0 Å². The molecule has 0 aliphatic rings. The van der Waals surface area contributed by atoms with Crippen molar-refractivity contribution in [3.05, 3.63) is 46.4 Å². The number of hydrogen-bond acceptors (Lipinski definition) is 4. The molecule has 0 saturated carbocycles. The van der Waals surface area contributed by atoms with Gasteiger partial charge in [-0.2, -0.15) is 16.6 Å². The zero-order valence-corrected chi connectivity index (χ0v) is 10.4. The molecule has 0 bridgehead atoms. The molecule has 2 aromatic heterocycles. The predicted molar refractivity (Wildman–Crippen MR) is 70.1 cm³/mol. The Balaban J connectivity index is 1.98. The van der Waals surface area contributed by atoms with E-state index in [2.05, 4.69) is 34.1 Å². The van der Waals surface area contributed by atoms with Gasteiger partial charge < -0.3 is 5.32 Å². The summed E-state index contributed by atoms with van der Waals surface area (Å²) in [7, 11) is 0. The van der Waals surface area contributed by atoms with Crippen molar-refractivity contribution in [3.8, 4) is 6.07 Å². The largest absolute Gasteiger partial charge is 0.382 e. The monoisotopic (exact) mass is 243 g/mol. The van der Waals surface area contributed by atoms with E-state index in [1.165, 1.54) is 5.56 Å². The molecule has 0 radical (unpaired) electrons. The van der Waals surface area contributed by atoms with Crippen LogP contribution in [0.25, 0.3) is 0 Å². The van der Waals surface area contributed by atoms with Crippen LogP contribution >= 0.6 is 11.3 Å². The summed E-state index contributed by atoms with van der Waals surface area (Å²) in [5.41, 5.74) is 2.72. The Kier molecular flexibility index (Phi) is 3.73. The SMILES string of the molecule is CC(Cc1ccsc1)Nc1ccnc(C#N)c1. The Hall–Kier alpha value is -1.86. The molecular formula is C13H13N3S. The van der Waals surface area contributed by atoms with E-state index in [0.717, 1.165) is 12.1 Å². The van der Waals surface area contributed by atoms with Crippen LogP contribution in [0.5, 0.6) is 0 Å². The number of nitrogens with one attached hydrogen (secondary N) is 1. The molecule has 2 aromatic rings. The highest BCUT2D eigenvalue weighted by atomic mass is 32.1. The minimum atomic E-state index is 0.332. The molecule has 1 N–H and O–H groups in total. The van der Waals surface area contributed by atoms with Crippen LogP contribution in [0.15, 0.2) is 35.2 Å². The molecule has 0 saturated heterocycles. The number of aromatic nitrogens is 1. The van der Waals surface area contributed by atoms with Crippen LogP contribution in [0.1, 0.15) is 18.2 Å². The van der Waals surface area contributed by atoms with Gasteiger partial charge in [-0.15, -0.1) is 0 Å². The van der Waals surface area contributed by atoms with Gasteiger partial charge >= 0.3 is 0 Å². The van der Waals surface area contributed by atoms with Gasteiger partial charge in [-0.3, -0.25) is 0 Å². The predicted octanol–water partition coefficient (Wildman–Crippen LogP) is 3.06. The van der Waals surface area contributed by atoms with E-state index in [-0.39, 0.29) is 0 Å². The van der Waals surface area contributed by atoms with Gasteiger partial charge in [0.1, 0.15) is 11.8 Å². The Morgan fingerprint density at radius 2 is 2.41 bits per heavy atom. The number of rotatable bonds is 4. The maximum Gasteiger partial charge on any atom is 0.142 e. The highest BCUT2D eigenvalue weighted by Gasteiger charge is 2.04. The van der Waals surface area contributed by atoms with E-state index < -0.39 is 0 Å². The quantitative estimate of drug-likeness (QED) is 0.897. The Bertz CT molecular complexity index is 514. The lowest BCUT2D eigenvalue weighted by Crippen LogP contribution is -2.17. The van der Waals surface area contributed by atoms with E-state index in [0.29, 0.717) is 11.7 Å². The summed E-state index contributed by atoms with van der Waals surface area (Å²) in [4.78, 5) is 3.94. The molecule has 17 heavy (non-hydrogen) atoms. The number of anilines is 1. The van der Waals surface area contributed by atoms with Gasteiger partial charge in [0.05, 0.1) is 0 Å². The first-order chi connectivity index (χ1) is 8.28. The van der Waals surface area contributed by atoms with Crippen LogP contribution in [-0.2, 0) is 6.42 Å². The minimum absolute atomic E-state index is 0.332. The second-order valence-corrected chi connectivity index (χ2v) is 4.70. The van der Waals surface area contributed by atoms with Crippen LogP contribution in [0.4, 0.5) is 5.69 Å². The average Bonchev–Trinajstić information content (AvgIpc) is 2.82. The van der Waals surface area contributed by atoms with Crippen molar-refractivity contribution in [2.45, 2.75) is 19.4 Å². The van der Waals surface area contributed by atoms with Gasteiger partial charge in [0.25, 0.3) is 0 Å². The van der Waals surface area contributed by atoms with Crippen molar-refractivity contribution in [1.82, 2.24) is 4.98 Å². The molecule has 1 unspecified atom stereocenters. The van der Waals surface area contributed by atoms with E-state index in [1.54, 1.807) is 23.6 Å². The standard InChI is InChI=1S/C13H13N3S/c1-10(6-11-3-5-17-9-11)16-12-2-4-15-13(7-12)8-14/h2-5,7,9-10H,6H2,1H3,(H,15,16). The van der Waals surface area contributed by atoms with Crippen molar-refractivity contribution >= 4 is 17.0 Å². The molecule has 2 heterocycles. The topological polar surface area (TPSA) is 48.7 Å². The van der Waals surface area contributed by atoms with Gasteiger partial charge in [-0.25, -0.2) is 4.98 Å². The lowest BCUT2D eigenvalue weighted by Gasteiger charge is -2.14. The summed E-state index contributed by atoms with van der Waals surface area (Å²) >= 11 is 1.71. The second-order valence-electron chi connectivity index (χ2n) is 3.92. The minimum Gasteiger partial charge on any atom is -0.382 e. The number of nitriles is 1. The van der Waals surface area contributed by atoms with Crippen LogP contribution in [0.3, 0.4) is 0 Å². The van der Waals surface area contributed by atoms with Gasteiger partial charge in [0, 0.05) is 17.9 Å². The van der Waals surface area contributed by atoms with Crippen LogP contribution < -0.4 is 5.32 Å². The molecule has 1 atom stereocenters. The van der Waals surface area contributed by atoms with E-state index in [4.69, 9.17) is 5.26 Å². The van der Waals surface area contributed by atoms with Crippen molar-refractivity contribution < 1.29 is 0 Å². The number of thiophene rings is 1. The summed E-state index contributed by atoms with van der Waals surface area (Å²) in [6.07, 6.45) is 2.63. The van der Waals surface area contributed by atoms with Crippen molar-refractivity contribution in [2.24, 2.45) is 0 Å². The molecule has 2 rings (SSSR count). The van der Waals surface area contributed by atoms with E-state index >= 15 is 0 Å². The molecule has 4 heteroatoms. The molecule has 0 aromatic carbocycles. The molecule has 3 nitrogen and oxygen atoms in total. The highest BCUT2D eigenvalue weighted by molar-refractivity contribution is 7.07. The third-order valence-electron chi connectivity index (χ3n) is 2.41. The first kappa shape index (κ1) is 11.6. The zero-order valence-electron chi connectivity index (χ0n) is 9.55. The fourth-order valence-corrected chi connectivity index (χ4v) is 2.36. The second kappa shape index (κ2) is 5.46. The zero-order chi connectivity index (χ0) is 12.1. The van der Waals surface area contributed by atoms with E-state index in [1.807, 2.05) is 12.1 Å². The first-order valence-electron chi connectivity index (χ1n) is 5.41. The highest BCUT2D eigenvalue weighted by Crippen LogP contribution is 2.13. The summed E-state index contributed by atoms with van der Waals surface area (Å²) in [6, 6.07) is 8.15. The van der Waals surface area contributed by atoms with Crippen molar-refractivity contribution in [2.75, 3.05) is 5.32 Å². The third-order valence-corrected chi connectivity index (χ3v) is 3.14. The lowest BCUT2D eigenvalue weighted by atomic mass is 10.1. The molecule has 0 aliphatic carbocycles. The Morgan fingerprint density at radius 3 is 3.12 bits per heavy atom. The number of pyridine rings is 1. The van der Waals surface area contributed by atoms with Gasteiger partial charge in [-0.1, -0.05) is 0 Å². The van der Waals surface area contributed by atoms with Crippen molar-refractivity contribution in [1.29, 1.82) is 5.26 Å². The van der Waals surface area contributed by atoms with Gasteiger partial charge in [0.15, 0.2) is 0 Å². The molecule has 0 aliphatic heterocycles. The maximum atomic E-state index is 8.76. The summed E-state index contributed by atoms with van der Waals surface area (Å²) in [6.45, 7) is 2.13. The maximum absolute atomic E-state index is 8.76. The van der Waals surface area contributed by atoms with Crippen LogP contribution in [0.2, 0.25) is 0 Å². The summed E-state index contributed by atoms with van der Waals surface area (Å²) in [5.74, 6) is 0. The third kappa shape index (κ3) is 3.30. The fourth-order valence-electron chi connectivity index (χ4n) is 1.68. The van der Waals surface area contributed by atoms with Gasteiger partial charge in [-0.05, 0) is 47.9 Å². The molecular weight excluding hydrogens is 230 g/mol. The molecule has 0 spiro atoms. The molecule has 86 valence electrons. The molecule has 0 amide bonds. The summed E-state index contributed by atoms with van der Waals surface area (Å²) < 4.78 is 0. The fraction of sp³-hybridized carbons (Fsp3) is 0.231. The number of hydrogen-bond donors (Lipinski definition) is 1. The lowest BCUT2D eigenvalue weighted by molar-refractivity contribution is 0.792. The average molecular weight is 243 g/mol. The normalized spacial score (nSPS) is 11.8. The first-order valence-corrected chi connectivity index (χ1v) is 6.36. The van der Waals surface area contributed by atoms with Crippen LogP contribution in [0, 0.1) is 11.3 Å². The van der Waals surface area contributed by atoms with E-state index in [9.17, 15) is 0 Å².